The predicted molar refractivity (Wildman–Crippen MR) is 114 cm³/mol. The van der Waals surface area contributed by atoms with Crippen molar-refractivity contribution < 1.29 is 17.9 Å². The minimum absolute atomic E-state index is 0.124. The number of piperidine rings is 1. The van der Waals surface area contributed by atoms with Crippen molar-refractivity contribution in [2.24, 2.45) is 25.9 Å². The Bertz CT molecular complexity index is 1190. The van der Waals surface area contributed by atoms with Crippen LogP contribution in [-0.4, -0.2) is 40.9 Å². The smallest absolute Gasteiger partial charge is 0.338 e. The summed E-state index contributed by atoms with van der Waals surface area (Å²) in [7, 11) is -0.797. The zero-order valence-corrected chi connectivity index (χ0v) is 18.9. The zero-order chi connectivity index (χ0) is 22.9. The number of benzene rings is 1. The molecule has 2 aromatic rings. The molecule has 2 heterocycles. The van der Waals surface area contributed by atoms with E-state index in [2.05, 4.69) is 0 Å². The van der Waals surface area contributed by atoms with Crippen LogP contribution in [0, 0.1) is 11.8 Å². The molecule has 31 heavy (non-hydrogen) atoms. The van der Waals surface area contributed by atoms with Crippen molar-refractivity contribution in [3.63, 3.8) is 0 Å². The fourth-order valence-corrected chi connectivity index (χ4v) is 5.53. The summed E-state index contributed by atoms with van der Waals surface area (Å²) in [6.07, 6.45) is 0.996. The molecule has 0 aliphatic carbocycles. The Balaban J connectivity index is 1.72. The Morgan fingerprint density at radius 2 is 1.61 bits per heavy atom. The molecule has 0 unspecified atom stereocenters. The number of hydrogen-bond donors (Lipinski definition) is 0. The van der Waals surface area contributed by atoms with Gasteiger partial charge in [0, 0.05) is 33.3 Å². The van der Waals surface area contributed by atoms with Gasteiger partial charge < -0.3 is 4.74 Å². The third kappa shape index (κ3) is 4.80. The van der Waals surface area contributed by atoms with E-state index < -0.39 is 27.2 Å². The molecule has 0 spiro atoms. The monoisotopic (exact) mass is 449 g/mol. The van der Waals surface area contributed by atoms with Gasteiger partial charge in [0.05, 0.1) is 16.2 Å². The number of carbonyl (C=O) groups is 1. The highest BCUT2D eigenvalue weighted by Crippen LogP contribution is 2.26. The van der Waals surface area contributed by atoms with E-state index in [1.165, 1.54) is 53.3 Å². The second kappa shape index (κ2) is 8.80. The van der Waals surface area contributed by atoms with Gasteiger partial charge in [-0.25, -0.2) is 18.0 Å². The molecule has 2 atom stereocenters. The molecule has 9 nitrogen and oxygen atoms in total. The van der Waals surface area contributed by atoms with Gasteiger partial charge in [-0.15, -0.1) is 0 Å². The van der Waals surface area contributed by atoms with Gasteiger partial charge in [0.2, 0.25) is 10.0 Å². The molecule has 0 amide bonds. The van der Waals surface area contributed by atoms with Gasteiger partial charge in [-0.1, -0.05) is 13.8 Å². The van der Waals surface area contributed by atoms with Crippen LogP contribution < -0.4 is 11.2 Å². The van der Waals surface area contributed by atoms with Crippen molar-refractivity contribution in [3.8, 4) is 0 Å². The highest BCUT2D eigenvalue weighted by Gasteiger charge is 2.31. The highest BCUT2D eigenvalue weighted by molar-refractivity contribution is 7.89. The number of ether oxygens (including phenoxy) is 1. The van der Waals surface area contributed by atoms with E-state index in [1.54, 1.807) is 0 Å². The van der Waals surface area contributed by atoms with E-state index in [-0.39, 0.29) is 22.8 Å². The van der Waals surface area contributed by atoms with Crippen molar-refractivity contribution in [1.82, 2.24) is 13.4 Å². The van der Waals surface area contributed by atoms with Crippen LogP contribution in [-0.2, 0) is 35.5 Å². The largest absolute Gasteiger partial charge is 0.456 e. The Kier molecular flexibility index (Phi) is 6.51. The number of sulfonamides is 1. The van der Waals surface area contributed by atoms with Crippen molar-refractivity contribution in [2.75, 3.05) is 13.1 Å². The van der Waals surface area contributed by atoms with Gasteiger partial charge >= 0.3 is 11.7 Å². The summed E-state index contributed by atoms with van der Waals surface area (Å²) in [4.78, 5) is 36.2. The van der Waals surface area contributed by atoms with Gasteiger partial charge in [0.15, 0.2) is 0 Å². The van der Waals surface area contributed by atoms with Crippen molar-refractivity contribution in [1.29, 1.82) is 0 Å². The summed E-state index contributed by atoms with van der Waals surface area (Å²) in [5, 5.41) is 0. The Morgan fingerprint density at radius 3 is 2.19 bits per heavy atom. The van der Waals surface area contributed by atoms with E-state index in [0.29, 0.717) is 24.9 Å². The summed E-state index contributed by atoms with van der Waals surface area (Å²) < 4.78 is 34.8. The third-order valence-corrected chi connectivity index (χ3v) is 7.39. The van der Waals surface area contributed by atoms with Crippen LogP contribution in [0.2, 0.25) is 0 Å². The van der Waals surface area contributed by atoms with Gasteiger partial charge in [-0.2, -0.15) is 4.31 Å². The lowest BCUT2D eigenvalue weighted by atomic mass is 9.94. The molecule has 1 aromatic heterocycles. The minimum atomic E-state index is -3.64. The second-order valence-corrected chi connectivity index (χ2v) is 10.2. The number of esters is 1. The number of hydrogen-bond acceptors (Lipinski definition) is 6. The van der Waals surface area contributed by atoms with Gasteiger partial charge in [-0.05, 0) is 42.5 Å². The molecule has 168 valence electrons. The number of nitrogens with zero attached hydrogens (tertiary/aromatic N) is 3. The summed E-state index contributed by atoms with van der Waals surface area (Å²) in [6.45, 7) is 4.77. The van der Waals surface area contributed by atoms with Crippen LogP contribution in [0.5, 0.6) is 0 Å². The second-order valence-electron chi connectivity index (χ2n) is 8.24. The van der Waals surface area contributed by atoms with Crippen LogP contribution in [0.3, 0.4) is 0 Å². The maximum Gasteiger partial charge on any atom is 0.338 e. The first-order valence-electron chi connectivity index (χ1n) is 10.0. The number of aromatic nitrogens is 2. The van der Waals surface area contributed by atoms with Gasteiger partial charge in [0.25, 0.3) is 5.56 Å². The van der Waals surface area contributed by atoms with Gasteiger partial charge in [0.1, 0.15) is 6.61 Å². The third-order valence-electron chi connectivity index (χ3n) is 5.54. The summed E-state index contributed by atoms with van der Waals surface area (Å²) in [6, 6.07) is 6.81. The van der Waals surface area contributed by atoms with E-state index in [9.17, 15) is 22.8 Å². The van der Waals surface area contributed by atoms with Gasteiger partial charge in [-0.3, -0.25) is 13.9 Å². The van der Waals surface area contributed by atoms with Crippen LogP contribution >= 0.6 is 0 Å². The van der Waals surface area contributed by atoms with E-state index >= 15 is 0 Å². The average molecular weight is 450 g/mol. The van der Waals surface area contributed by atoms with E-state index in [1.807, 2.05) is 13.8 Å². The molecular formula is C21H27N3O6S. The Hall–Kier alpha value is -2.72. The van der Waals surface area contributed by atoms with Crippen molar-refractivity contribution >= 4 is 16.0 Å². The normalized spacial score (nSPS) is 19.9. The molecule has 0 bridgehead atoms. The molecule has 0 N–H and O–H groups in total. The lowest BCUT2D eigenvalue weighted by molar-refractivity contribution is 0.0462. The fourth-order valence-electron chi connectivity index (χ4n) is 3.85. The summed E-state index contributed by atoms with van der Waals surface area (Å²) in [5.41, 5.74) is -0.582. The molecule has 1 fully saturated rings. The molecule has 0 saturated carbocycles. The number of carbonyl (C=O) groups excluding carboxylic acids is 1. The maximum absolute atomic E-state index is 12.9. The molecule has 1 aromatic carbocycles. The SMILES string of the molecule is C[C@@H]1C[C@H](C)CN(S(=O)(=O)c2ccc(C(=O)OCc3cc(=O)n(C)c(=O)n3C)cc2)C1. The molecule has 3 rings (SSSR count). The van der Waals surface area contributed by atoms with E-state index in [4.69, 9.17) is 4.74 Å². The van der Waals surface area contributed by atoms with Crippen molar-refractivity contribution in [2.45, 2.75) is 31.8 Å². The molecule has 1 aliphatic heterocycles. The van der Waals surface area contributed by atoms with E-state index in [0.717, 1.165) is 11.0 Å². The van der Waals surface area contributed by atoms with Crippen molar-refractivity contribution in [3.05, 3.63) is 62.4 Å². The number of rotatable bonds is 5. The predicted octanol–water partition coefficient (Wildman–Crippen LogP) is 1.11. The standard InChI is InChI=1S/C21H27N3O6S/c1-14-9-15(2)12-24(11-14)31(28,29)18-7-5-16(6-8-18)20(26)30-13-17-10-19(25)23(4)21(27)22(17)3/h5-8,10,14-15H,9,11-13H2,1-4H3/t14-,15+. The topological polar surface area (TPSA) is 108 Å². The van der Waals surface area contributed by atoms with Crippen LogP contribution in [0.1, 0.15) is 36.3 Å². The lowest BCUT2D eigenvalue weighted by Crippen LogP contribution is -2.42. The van der Waals surface area contributed by atoms with Crippen LogP contribution in [0.4, 0.5) is 0 Å². The fraction of sp³-hybridized carbons (Fsp3) is 0.476. The zero-order valence-electron chi connectivity index (χ0n) is 18.1. The molecular weight excluding hydrogens is 422 g/mol. The highest BCUT2D eigenvalue weighted by atomic mass is 32.2. The molecule has 1 saturated heterocycles. The average Bonchev–Trinajstić information content (AvgIpc) is 2.73. The summed E-state index contributed by atoms with van der Waals surface area (Å²) >= 11 is 0. The molecule has 0 radical (unpaired) electrons. The lowest BCUT2D eigenvalue weighted by Gasteiger charge is -2.34. The first-order valence-corrected chi connectivity index (χ1v) is 11.5. The minimum Gasteiger partial charge on any atom is -0.456 e. The first kappa shape index (κ1) is 23.0. The molecule has 1 aliphatic rings. The molecule has 10 heteroatoms. The Labute approximate surface area is 180 Å². The maximum atomic E-state index is 12.9. The Morgan fingerprint density at radius 1 is 1.03 bits per heavy atom. The quantitative estimate of drug-likeness (QED) is 0.633. The van der Waals surface area contributed by atoms with Crippen LogP contribution in [0.25, 0.3) is 0 Å². The summed E-state index contributed by atoms with van der Waals surface area (Å²) in [5.74, 6) is -0.102. The van der Waals surface area contributed by atoms with Crippen LogP contribution in [0.15, 0.2) is 44.8 Å². The first-order chi connectivity index (χ1) is 14.5.